The van der Waals surface area contributed by atoms with Crippen LogP contribution in [0.15, 0.2) is 63.6 Å². The molecule has 0 bridgehead atoms. The van der Waals surface area contributed by atoms with E-state index in [1.807, 2.05) is 0 Å². The number of rotatable bonds is 4. The fraction of sp³-hybridized carbons (Fsp3) is 0. The smallest absolute Gasteiger partial charge is 0.292 e. The standard InChI is InChI=1S/C16H10BrN3O4/c17-11-3-8-15(18-9-11)19-16(21)14-7-6-13(24-14)10-1-4-12(5-2-10)20(22)23/h1-9H,(H,18,19,21). The van der Waals surface area contributed by atoms with Crippen molar-refractivity contribution < 1.29 is 14.1 Å². The second-order valence-corrected chi connectivity index (χ2v) is 5.70. The van der Waals surface area contributed by atoms with Gasteiger partial charge in [-0.05, 0) is 52.3 Å². The van der Waals surface area contributed by atoms with Crippen molar-refractivity contribution in [3.63, 3.8) is 0 Å². The van der Waals surface area contributed by atoms with Crippen molar-refractivity contribution in [1.29, 1.82) is 0 Å². The van der Waals surface area contributed by atoms with Crippen LogP contribution >= 0.6 is 15.9 Å². The number of benzene rings is 1. The van der Waals surface area contributed by atoms with Gasteiger partial charge in [0.05, 0.1) is 4.92 Å². The first kappa shape index (κ1) is 15.9. The summed E-state index contributed by atoms with van der Waals surface area (Å²) in [4.78, 5) is 26.4. The molecule has 0 radical (unpaired) electrons. The number of hydrogen-bond donors (Lipinski definition) is 1. The molecular formula is C16H10BrN3O4. The van der Waals surface area contributed by atoms with Crippen LogP contribution in [0.25, 0.3) is 11.3 Å². The minimum absolute atomic E-state index is 0.00964. The highest BCUT2D eigenvalue weighted by Gasteiger charge is 2.14. The van der Waals surface area contributed by atoms with E-state index in [2.05, 4.69) is 26.2 Å². The van der Waals surface area contributed by atoms with Crippen molar-refractivity contribution in [3.8, 4) is 11.3 Å². The predicted octanol–water partition coefficient (Wildman–Crippen LogP) is 4.26. The molecule has 0 spiro atoms. The van der Waals surface area contributed by atoms with Crippen LogP contribution in [0.1, 0.15) is 10.6 Å². The molecule has 0 saturated heterocycles. The maximum absolute atomic E-state index is 12.1. The van der Waals surface area contributed by atoms with E-state index in [1.54, 1.807) is 36.5 Å². The minimum Gasteiger partial charge on any atom is -0.451 e. The van der Waals surface area contributed by atoms with Gasteiger partial charge in [0.15, 0.2) is 5.76 Å². The number of nitrogens with zero attached hydrogens (tertiary/aromatic N) is 2. The number of nitro benzene ring substituents is 1. The van der Waals surface area contributed by atoms with Crippen LogP contribution in [0.4, 0.5) is 11.5 Å². The van der Waals surface area contributed by atoms with E-state index in [1.165, 1.54) is 18.2 Å². The van der Waals surface area contributed by atoms with Crippen LogP contribution < -0.4 is 5.32 Å². The normalized spacial score (nSPS) is 10.4. The van der Waals surface area contributed by atoms with Crippen LogP contribution in [0.5, 0.6) is 0 Å². The molecular weight excluding hydrogens is 378 g/mol. The summed E-state index contributed by atoms with van der Waals surface area (Å²) in [5.74, 6) is 0.529. The van der Waals surface area contributed by atoms with E-state index < -0.39 is 10.8 Å². The largest absolute Gasteiger partial charge is 0.451 e. The topological polar surface area (TPSA) is 98.3 Å². The molecule has 120 valence electrons. The summed E-state index contributed by atoms with van der Waals surface area (Å²) >= 11 is 3.26. The van der Waals surface area contributed by atoms with E-state index in [0.717, 1.165) is 4.47 Å². The number of furan rings is 1. The van der Waals surface area contributed by atoms with Crippen molar-refractivity contribution in [3.05, 3.63) is 75.1 Å². The molecule has 1 amide bonds. The first-order chi connectivity index (χ1) is 11.5. The zero-order chi connectivity index (χ0) is 17.1. The molecule has 0 aliphatic heterocycles. The number of amides is 1. The van der Waals surface area contributed by atoms with Gasteiger partial charge in [-0.15, -0.1) is 0 Å². The summed E-state index contributed by atoms with van der Waals surface area (Å²) in [5.41, 5.74) is 0.631. The molecule has 1 aromatic carbocycles. The Bertz CT molecular complexity index is 888. The number of halogens is 1. The first-order valence-electron chi connectivity index (χ1n) is 6.80. The summed E-state index contributed by atoms with van der Waals surface area (Å²) in [6, 6.07) is 12.5. The number of pyridine rings is 1. The van der Waals surface area contributed by atoms with Crippen molar-refractivity contribution in [1.82, 2.24) is 4.98 Å². The average Bonchev–Trinajstić information content (AvgIpc) is 3.07. The number of carbonyl (C=O) groups is 1. The summed E-state index contributed by atoms with van der Waals surface area (Å²) in [6.07, 6.45) is 1.57. The molecule has 3 aromatic rings. The van der Waals surface area contributed by atoms with Gasteiger partial charge >= 0.3 is 0 Å². The number of carbonyl (C=O) groups excluding carboxylic acids is 1. The van der Waals surface area contributed by atoms with Gasteiger partial charge in [0, 0.05) is 28.4 Å². The Hall–Kier alpha value is -3.00. The quantitative estimate of drug-likeness (QED) is 0.532. The Labute approximate surface area is 144 Å². The molecule has 0 aliphatic carbocycles. The third-order valence-corrected chi connectivity index (χ3v) is 3.63. The molecule has 3 rings (SSSR count). The number of nitrogens with one attached hydrogen (secondary N) is 1. The Morgan fingerprint density at radius 3 is 2.50 bits per heavy atom. The zero-order valence-electron chi connectivity index (χ0n) is 12.1. The SMILES string of the molecule is O=C(Nc1ccc(Br)cn1)c1ccc(-c2ccc([N+](=O)[O-])cc2)o1. The second-order valence-electron chi connectivity index (χ2n) is 4.78. The van der Waals surface area contributed by atoms with Crippen molar-refractivity contribution in [2.24, 2.45) is 0 Å². The van der Waals surface area contributed by atoms with Gasteiger partial charge in [-0.25, -0.2) is 4.98 Å². The first-order valence-corrected chi connectivity index (χ1v) is 7.60. The lowest BCUT2D eigenvalue weighted by molar-refractivity contribution is -0.384. The highest BCUT2D eigenvalue weighted by atomic mass is 79.9. The molecule has 0 atom stereocenters. The van der Waals surface area contributed by atoms with Crippen LogP contribution in [-0.4, -0.2) is 15.8 Å². The summed E-state index contributed by atoms with van der Waals surface area (Å²) in [6.45, 7) is 0. The lowest BCUT2D eigenvalue weighted by atomic mass is 10.1. The molecule has 24 heavy (non-hydrogen) atoms. The highest BCUT2D eigenvalue weighted by Crippen LogP contribution is 2.25. The Morgan fingerprint density at radius 2 is 1.88 bits per heavy atom. The van der Waals surface area contributed by atoms with Crippen molar-refractivity contribution in [2.75, 3.05) is 5.32 Å². The average molecular weight is 388 g/mol. The molecule has 0 fully saturated rings. The van der Waals surface area contributed by atoms with Crippen LogP contribution in [0, 0.1) is 10.1 Å². The molecule has 0 saturated carbocycles. The number of nitro groups is 1. The third kappa shape index (κ3) is 3.49. The lowest BCUT2D eigenvalue weighted by Crippen LogP contribution is -2.11. The van der Waals surface area contributed by atoms with E-state index in [-0.39, 0.29) is 11.4 Å². The second kappa shape index (κ2) is 6.63. The van der Waals surface area contributed by atoms with Gasteiger partial charge in [-0.3, -0.25) is 14.9 Å². The van der Waals surface area contributed by atoms with E-state index in [9.17, 15) is 14.9 Å². The van der Waals surface area contributed by atoms with Gasteiger partial charge in [0.1, 0.15) is 11.6 Å². The Balaban J connectivity index is 1.75. The number of non-ortho nitro benzene ring substituents is 1. The van der Waals surface area contributed by atoms with E-state index in [4.69, 9.17) is 4.42 Å². The monoisotopic (exact) mass is 387 g/mol. The molecule has 2 heterocycles. The third-order valence-electron chi connectivity index (χ3n) is 3.16. The van der Waals surface area contributed by atoms with Crippen LogP contribution in [0.3, 0.4) is 0 Å². The van der Waals surface area contributed by atoms with Gasteiger partial charge in [0.25, 0.3) is 11.6 Å². The maximum atomic E-state index is 12.1. The molecule has 2 aromatic heterocycles. The maximum Gasteiger partial charge on any atom is 0.292 e. The van der Waals surface area contributed by atoms with E-state index in [0.29, 0.717) is 17.1 Å². The Morgan fingerprint density at radius 1 is 1.12 bits per heavy atom. The van der Waals surface area contributed by atoms with Crippen molar-refractivity contribution in [2.45, 2.75) is 0 Å². The van der Waals surface area contributed by atoms with Crippen LogP contribution in [-0.2, 0) is 0 Å². The van der Waals surface area contributed by atoms with Gasteiger partial charge in [-0.2, -0.15) is 0 Å². The minimum atomic E-state index is -0.476. The van der Waals surface area contributed by atoms with Gasteiger partial charge in [-0.1, -0.05) is 0 Å². The highest BCUT2D eigenvalue weighted by molar-refractivity contribution is 9.10. The zero-order valence-corrected chi connectivity index (χ0v) is 13.7. The molecule has 8 heteroatoms. The molecule has 0 aliphatic rings. The van der Waals surface area contributed by atoms with Gasteiger partial charge < -0.3 is 9.73 Å². The lowest BCUT2D eigenvalue weighted by Gasteiger charge is -2.02. The predicted molar refractivity (Wildman–Crippen MR) is 90.7 cm³/mol. The number of aromatic nitrogens is 1. The van der Waals surface area contributed by atoms with E-state index >= 15 is 0 Å². The van der Waals surface area contributed by atoms with Gasteiger partial charge in [0.2, 0.25) is 0 Å². The fourth-order valence-electron chi connectivity index (χ4n) is 1.99. The molecule has 1 N–H and O–H groups in total. The molecule has 7 nitrogen and oxygen atoms in total. The number of hydrogen-bond acceptors (Lipinski definition) is 5. The van der Waals surface area contributed by atoms with Crippen molar-refractivity contribution >= 4 is 33.3 Å². The summed E-state index contributed by atoms with van der Waals surface area (Å²) < 4.78 is 6.31. The Kier molecular flexibility index (Phi) is 4.39. The fourth-order valence-corrected chi connectivity index (χ4v) is 2.22. The molecule has 0 unspecified atom stereocenters. The summed E-state index contributed by atoms with van der Waals surface area (Å²) in [7, 11) is 0. The number of anilines is 1. The summed E-state index contributed by atoms with van der Waals surface area (Å²) in [5, 5.41) is 13.3. The van der Waals surface area contributed by atoms with Crippen LogP contribution in [0.2, 0.25) is 0 Å².